The first-order valence-corrected chi connectivity index (χ1v) is 6.74. The van der Waals surface area contributed by atoms with E-state index in [0.717, 1.165) is 31.5 Å². The minimum absolute atomic E-state index is 0.0125. The van der Waals surface area contributed by atoms with E-state index in [9.17, 15) is 9.59 Å². The second-order valence-corrected chi connectivity index (χ2v) is 5.10. The predicted molar refractivity (Wildman–Crippen MR) is 73.9 cm³/mol. The van der Waals surface area contributed by atoms with Gasteiger partial charge in [-0.3, -0.25) is 9.59 Å². The Labute approximate surface area is 113 Å². The molecule has 0 aliphatic carbocycles. The van der Waals surface area contributed by atoms with Crippen LogP contribution in [0.5, 0.6) is 0 Å². The van der Waals surface area contributed by atoms with Crippen LogP contribution in [-0.4, -0.2) is 35.8 Å². The molecule has 19 heavy (non-hydrogen) atoms. The van der Waals surface area contributed by atoms with Gasteiger partial charge in [0.25, 0.3) is 5.91 Å². The van der Waals surface area contributed by atoms with Crippen LogP contribution in [0, 0.1) is 6.92 Å². The van der Waals surface area contributed by atoms with E-state index in [1.54, 1.807) is 13.0 Å². The first-order valence-electron chi connectivity index (χ1n) is 6.74. The molecule has 0 saturated carbocycles. The van der Waals surface area contributed by atoms with Crippen molar-refractivity contribution in [2.24, 2.45) is 0 Å². The molecule has 1 heterocycles. The first-order chi connectivity index (χ1) is 9.08. The number of amides is 2. The summed E-state index contributed by atoms with van der Waals surface area (Å²) in [4.78, 5) is 26.0. The largest absolute Gasteiger partial charge is 0.341 e. The highest BCUT2D eigenvalue weighted by Crippen LogP contribution is 2.10. The molecule has 1 aromatic rings. The Bertz CT molecular complexity index is 479. The molecule has 0 aromatic heterocycles. The van der Waals surface area contributed by atoms with Gasteiger partial charge < -0.3 is 10.2 Å². The van der Waals surface area contributed by atoms with Gasteiger partial charge in [0.15, 0.2) is 0 Å². The summed E-state index contributed by atoms with van der Waals surface area (Å²) in [7, 11) is 0. The lowest BCUT2D eigenvalue weighted by Crippen LogP contribution is -2.45. The second-order valence-electron chi connectivity index (χ2n) is 5.10. The number of likely N-dealkylation sites (tertiary alicyclic amines) is 1. The number of nitrogens with zero attached hydrogens (tertiary/aromatic N) is 1. The Balaban J connectivity index is 1.96. The fourth-order valence-corrected chi connectivity index (χ4v) is 2.34. The molecule has 102 valence electrons. The van der Waals surface area contributed by atoms with Crippen LogP contribution in [0.15, 0.2) is 24.3 Å². The van der Waals surface area contributed by atoms with Crippen molar-refractivity contribution in [2.45, 2.75) is 32.7 Å². The average molecular weight is 260 g/mol. The van der Waals surface area contributed by atoms with Gasteiger partial charge in [-0.2, -0.15) is 0 Å². The number of nitrogens with one attached hydrogen (secondary N) is 1. The van der Waals surface area contributed by atoms with Gasteiger partial charge in [0, 0.05) is 18.7 Å². The normalized spacial score (nSPS) is 16.2. The standard InChI is InChI=1S/C15H20N2O2/c1-11-6-5-7-13(10-11)14(18)16-12(2)15(19)17-8-3-4-9-17/h5-7,10,12H,3-4,8-9H2,1-2H3,(H,16,18). The van der Waals surface area contributed by atoms with Gasteiger partial charge in [0.2, 0.25) is 5.91 Å². The SMILES string of the molecule is Cc1cccc(C(=O)NC(C)C(=O)N2CCCC2)c1. The molecule has 1 aliphatic heterocycles. The Morgan fingerprint density at radius 1 is 1.26 bits per heavy atom. The summed E-state index contributed by atoms with van der Waals surface area (Å²) < 4.78 is 0. The van der Waals surface area contributed by atoms with E-state index in [0.29, 0.717) is 5.56 Å². The predicted octanol–water partition coefficient (Wildman–Crippen LogP) is 1.74. The van der Waals surface area contributed by atoms with Crippen molar-refractivity contribution in [3.05, 3.63) is 35.4 Å². The van der Waals surface area contributed by atoms with E-state index in [2.05, 4.69) is 5.32 Å². The molecule has 2 amide bonds. The van der Waals surface area contributed by atoms with Gasteiger partial charge in [-0.05, 0) is 38.8 Å². The van der Waals surface area contributed by atoms with Crippen LogP contribution < -0.4 is 5.32 Å². The molecule has 1 unspecified atom stereocenters. The molecule has 4 nitrogen and oxygen atoms in total. The summed E-state index contributed by atoms with van der Waals surface area (Å²) in [5.41, 5.74) is 1.63. The summed E-state index contributed by atoms with van der Waals surface area (Å²) in [5.74, 6) is -0.178. The molecule has 0 spiro atoms. The second kappa shape index (κ2) is 5.87. The van der Waals surface area contributed by atoms with Gasteiger partial charge in [-0.1, -0.05) is 17.7 Å². The Morgan fingerprint density at radius 3 is 2.58 bits per heavy atom. The van der Waals surface area contributed by atoms with Crippen LogP contribution in [0.4, 0.5) is 0 Å². The molecule has 1 N–H and O–H groups in total. The Morgan fingerprint density at radius 2 is 1.95 bits per heavy atom. The molecule has 1 saturated heterocycles. The lowest BCUT2D eigenvalue weighted by Gasteiger charge is -2.21. The van der Waals surface area contributed by atoms with Gasteiger partial charge in [0.1, 0.15) is 6.04 Å². The van der Waals surface area contributed by atoms with Crippen molar-refractivity contribution in [3.63, 3.8) is 0 Å². The molecular formula is C15H20N2O2. The molecule has 1 fully saturated rings. The van der Waals surface area contributed by atoms with Gasteiger partial charge in [-0.15, -0.1) is 0 Å². The molecule has 1 aliphatic rings. The number of carbonyl (C=O) groups is 2. The quantitative estimate of drug-likeness (QED) is 0.900. The van der Waals surface area contributed by atoms with Gasteiger partial charge >= 0.3 is 0 Å². The summed E-state index contributed by atoms with van der Waals surface area (Å²) >= 11 is 0. The fourth-order valence-electron chi connectivity index (χ4n) is 2.34. The zero-order valence-corrected chi connectivity index (χ0v) is 11.5. The Kier molecular flexibility index (Phi) is 4.20. The van der Waals surface area contributed by atoms with Gasteiger partial charge in [-0.25, -0.2) is 0 Å². The van der Waals surface area contributed by atoms with Crippen molar-refractivity contribution >= 4 is 11.8 Å². The van der Waals surface area contributed by atoms with Crippen LogP contribution in [-0.2, 0) is 4.79 Å². The van der Waals surface area contributed by atoms with E-state index in [4.69, 9.17) is 0 Å². The van der Waals surface area contributed by atoms with Crippen molar-refractivity contribution in [3.8, 4) is 0 Å². The maximum Gasteiger partial charge on any atom is 0.251 e. The van der Waals surface area contributed by atoms with Gasteiger partial charge in [0.05, 0.1) is 0 Å². The minimum Gasteiger partial charge on any atom is -0.341 e. The highest BCUT2D eigenvalue weighted by Gasteiger charge is 2.24. The van der Waals surface area contributed by atoms with E-state index in [1.807, 2.05) is 30.0 Å². The third kappa shape index (κ3) is 3.34. The summed E-state index contributed by atoms with van der Waals surface area (Å²) in [6.07, 6.45) is 2.12. The van der Waals surface area contributed by atoms with E-state index in [-0.39, 0.29) is 11.8 Å². The number of rotatable bonds is 3. The van der Waals surface area contributed by atoms with Crippen LogP contribution in [0.25, 0.3) is 0 Å². The highest BCUT2D eigenvalue weighted by molar-refractivity contribution is 5.97. The summed E-state index contributed by atoms with van der Waals surface area (Å²) in [5, 5.41) is 2.77. The van der Waals surface area contributed by atoms with Crippen LogP contribution in [0.2, 0.25) is 0 Å². The van der Waals surface area contributed by atoms with Crippen LogP contribution in [0.3, 0.4) is 0 Å². The first kappa shape index (κ1) is 13.6. The molecule has 0 bridgehead atoms. The van der Waals surface area contributed by atoms with Crippen molar-refractivity contribution in [1.82, 2.24) is 10.2 Å². The Hall–Kier alpha value is -1.84. The third-order valence-corrected chi connectivity index (χ3v) is 3.42. The van der Waals surface area contributed by atoms with E-state index >= 15 is 0 Å². The number of hydrogen-bond acceptors (Lipinski definition) is 2. The highest BCUT2D eigenvalue weighted by atomic mass is 16.2. The maximum atomic E-state index is 12.1. The topological polar surface area (TPSA) is 49.4 Å². The fraction of sp³-hybridized carbons (Fsp3) is 0.467. The smallest absolute Gasteiger partial charge is 0.251 e. The van der Waals surface area contributed by atoms with Crippen LogP contribution in [0.1, 0.15) is 35.7 Å². The van der Waals surface area contributed by atoms with E-state index < -0.39 is 6.04 Å². The average Bonchev–Trinajstić information content (AvgIpc) is 2.91. The molecule has 2 rings (SSSR count). The van der Waals surface area contributed by atoms with E-state index in [1.165, 1.54) is 0 Å². The molecule has 1 atom stereocenters. The molecule has 1 aromatic carbocycles. The number of hydrogen-bond donors (Lipinski definition) is 1. The zero-order valence-electron chi connectivity index (χ0n) is 11.5. The van der Waals surface area contributed by atoms with Crippen molar-refractivity contribution < 1.29 is 9.59 Å². The molecule has 4 heteroatoms. The third-order valence-electron chi connectivity index (χ3n) is 3.42. The monoisotopic (exact) mass is 260 g/mol. The zero-order chi connectivity index (χ0) is 13.8. The number of benzene rings is 1. The molecule has 0 radical (unpaired) electrons. The summed E-state index contributed by atoms with van der Waals surface area (Å²) in [6, 6.07) is 6.90. The number of aryl methyl sites for hydroxylation is 1. The maximum absolute atomic E-state index is 12.1. The van der Waals surface area contributed by atoms with Crippen molar-refractivity contribution in [2.75, 3.05) is 13.1 Å². The minimum atomic E-state index is -0.467. The lowest BCUT2D eigenvalue weighted by atomic mass is 10.1. The lowest BCUT2D eigenvalue weighted by molar-refractivity contribution is -0.131. The molecular weight excluding hydrogens is 240 g/mol. The summed E-state index contributed by atoms with van der Waals surface area (Å²) in [6.45, 7) is 5.30. The van der Waals surface area contributed by atoms with Crippen LogP contribution >= 0.6 is 0 Å². The number of carbonyl (C=O) groups excluding carboxylic acids is 2. The van der Waals surface area contributed by atoms with Crippen molar-refractivity contribution in [1.29, 1.82) is 0 Å².